The number of para-hydroxylation sites is 1. The first-order chi connectivity index (χ1) is 9.76. The molecule has 0 amide bonds. The summed E-state index contributed by atoms with van der Waals surface area (Å²) in [6.07, 6.45) is 2.67. The fourth-order valence-corrected chi connectivity index (χ4v) is 2.55. The first-order valence-electron chi connectivity index (χ1n) is 6.43. The van der Waals surface area contributed by atoms with Gasteiger partial charge in [-0.15, -0.1) is 0 Å². The number of fused-ring (bicyclic) bond motifs is 1. The van der Waals surface area contributed by atoms with Gasteiger partial charge >= 0.3 is 0 Å². The molecule has 0 spiro atoms. The molecular weight excluding hydrogens is 320 g/mol. The minimum absolute atomic E-state index is 0.211. The number of nitrogens with one attached hydrogen (secondary N) is 1. The first kappa shape index (κ1) is 13.2. The maximum Gasteiger partial charge on any atom is 0.164 e. The van der Waals surface area contributed by atoms with Crippen molar-refractivity contribution in [1.29, 1.82) is 0 Å². The molecule has 2 heterocycles. The Bertz CT molecular complexity index is 601. The van der Waals surface area contributed by atoms with Crippen molar-refractivity contribution in [2.24, 2.45) is 0 Å². The zero-order valence-corrected chi connectivity index (χ0v) is 12.7. The Morgan fingerprint density at radius 2 is 2.25 bits per heavy atom. The van der Waals surface area contributed by atoms with Gasteiger partial charge in [-0.3, -0.25) is 0 Å². The summed E-state index contributed by atoms with van der Waals surface area (Å²) < 4.78 is 12.1. The summed E-state index contributed by atoms with van der Waals surface area (Å²) in [5, 5.41) is 3.39. The highest BCUT2D eigenvalue weighted by Gasteiger charge is 2.22. The second kappa shape index (κ2) is 5.71. The van der Waals surface area contributed by atoms with E-state index in [4.69, 9.17) is 9.47 Å². The van der Waals surface area contributed by atoms with Crippen molar-refractivity contribution >= 4 is 21.7 Å². The molecule has 0 fully saturated rings. The molecule has 0 aliphatic carbocycles. The Morgan fingerprint density at radius 1 is 1.35 bits per heavy atom. The third kappa shape index (κ3) is 2.72. The van der Waals surface area contributed by atoms with Crippen LogP contribution in [0.5, 0.6) is 11.5 Å². The summed E-state index contributed by atoms with van der Waals surface area (Å²) in [6.45, 7) is 0.602. The third-order valence-electron chi connectivity index (χ3n) is 3.25. The number of rotatable bonds is 3. The summed E-state index contributed by atoms with van der Waals surface area (Å²) >= 11 is 3.38. The standard InChI is InChI=1S/C15H15BrN2O2/c1-19-13-4-2-3-10-7-12(9-20-15(10)13)18-14-6-5-11(16)8-17-14/h2-6,8,12H,7,9H2,1H3,(H,17,18). The number of pyridine rings is 1. The van der Waals surface area contributed by atoms with Gasteiger partial charge in [0.15, 0.2) is 11.5 Å². The molecule has 1 aliphatic heterocycles. The molecule has 0 saturated heterocycles. The monoisotopic (exact) mass is 334 g/mol. The summed E-state index contributed by atoms with van der Waals surface area (Å²) in [6, 6.07) is 10.1. The zero-order valence-electron chi connectivity index (χ0n) is 11.1. The van der Waals surface area contributed by atoms with Crippen molar-refractivity contribution in [2.75, 3.05) is 19.0 Å². The quantitative estimate of drug-likeness (QED) is 0.935. The molecule has 0 radical (unpaired) electrons. The smallest absolute Gasteiger partial charge is 0.164 e. The number of ether oxygens (including phenoxy) is 2. The van der Waals surface area contributed by atoms with E-state index in [2.05, 4.69) is 32.3 Å². The van der Waals surface area contributed by atoms with Gasteiger partial charge in [-0.25, -0.2) is 4.98 Å². The fraction of sp³-hybridized carbons (Fsp3) is 0.267. The van der Waals surface area contributed by atoms with Gasteiger partial charge in [0.1, 0.15) is 12.4 Å². The topological polar surface area (TPSA) is 43.4 Å². The van der Waals surface area contributed by atoms with Crippen LogP contribution in [0.4, 0.5) is 5.82 Å². The predicted octanol–water partition coefficient (Wildman–Crippen LogP) is 3.27. The van der Waals surface area contributed by atoms with E-state index < -0.39 is 0 Å². The minimum Gasteiger partial charge on any atom is -0.493 e. The molecule has 3 rings (SSSR count). The van der Waals surface area contributed by atoms with Crippen molar-refractivity contribution in [2.45, 2.75) is 12.5 Å². The first-order valence-corrected chi connectivity index (χ1v) is 7.22. The van der Waals surface area contributed by atoms with Gasteiger partial charge in [0.2, 0.25) is 0 Å². The SMILES string of the molecule is COc1cccc2c1OCC(Nc1ccc(Br)cn1)C2. The molecule has 1 unspecified atom stereocenters. The van der Waals surface area contributed by atoms with Crippen molar-refractivity contribution in [1.82, 2.24) is 4.98 Å². The summed E-state index contributed by atoms with van der Waals surface area (Å²) in [5.74, 6) is 2.51. The number of hydrogen-bond donors (Lipinski definition) is 1. The van der Waals surface area contributed by atoms with E-state index in [1.54, 1.807) is 13.3 Å². The lowest BCUT2D eigenvalue weighted by Gasteiger charge is -2.27. The van der Waals surface area contributed by atoms with Gasteiger partial charge in [-0.05, 0) is 40.5 Å². The second-order valence-corrected chi connectivity index (χ2v) is 5.58. The Balaban J connectivity index is 1.74. The lowest BCUT2D eigenvalue weighted by Crippen LogP contribution is -2.33. The molecule has 104 valence electrons. The maximum atomic E-state index is 5.83. The molecular formula is C15H15BrN2O2. The predicted molar refractivity (Wildman–Crippen MR) is 81.5 cm³/mol. The van der Waals surface area contributed by atoms with Crippen LogP contribution in [-0.2, 0) is 6.42 Å². The van der Waals surface area contributed by atoms with Crippen molar-refractivity contribution in [3.05, 3.63) is 46.6 Å². The molecule has 1 atom stereocenters. The average Bonchev–Trinajstić information content (AvgIpc) is 2.49. The molecule has 0 bridgehead atoms. The number of aromatic nitrogens is 1. The summed E-state index contributed by atoms with van der Waals surface area (Å²) in [4.78, 5) is 4.32. The van der Waals surface area contributed by atoms with E-state index in [-0.39, 0.29) is 6.04 Å². The summed E-state index contributed by atoms with van der Waals surface area (Å²) in [7, 11) is 1.66. The average molecular weight is 335 g/mol. The van der Waals surface area contributed by atoms with Crippen LogP contribution < -0.4 is 14.8 Å². The van der Waals surface area contributed by atoms with Gasteiger partial charge < -0.3 is 14.8 Å². The van der Waals surface area contributed by atoms with E-state index >= 15 is 0 Å². The van der Waals surface area contributed by atoms with Crippen LogP contribution in [-0.4, -0.2) is 24.7 Å². The second-order valence-electron chi connectivity index (χ2n) is 4.67. The largest absolute Gasteiger partial charge is 0.493 e. The van der Waals surface area contributed by atoms with Crippen molar-refractivity contribution < 1.29 is 9.47 Å². The van der Waals surface area contributed by atoms with E-state index in [0.717, 1.165) is 33.8 Å². The van der Waals surface area contributed by atoms with E-state index in [9.17, 15) is 0 Å². The van der Waals surface area contributed by atoms with Gasteiger partial charge in [-0.1, -0.05) is 12.1 Å². The minimum atomic E-state index is 0.211. The molecule has 5 heteroatoms. The molecule has 1 aliphatic rings. The maximum absolute atomic E-state index is 5.83. The lowest BCUT2D eigenvalue weighted by atomic mass is 10.0. The highest BCUT2D eigenvalue weighted by atomic mass is 79.9. The Hall–Kier alpha value is -1.75. The van der Waals surface area contributed by atoms with Crippen LogP contribution in [0.25, 0.3) is 0 Å². The summed E-state index contributed by atoms with van der Waals surface area (Å²) in [5.41, 5.74) is 1.16. The number of nitrogens with zero attached hydrogens (tertiary/aromatic N) is 1. The molecule has 4 nitrogen and oxygen atoms in total. The molecule has 1 aromatic heterocycles. The number of anilines is 1. The zero-order chi connectivity index (χ0) is 13.9. The van der Waals surface area contributed by atoms with Crippen LogP contribution in [0, 0.1) is 0 Å². The van der Waals surface area contributed by atoms with Crippen LogP contribution >= 0.6 is 15.9 Å². The normalized spacial score (nSPS) is 17.0. The van der Waals surface area contributed by atoms with Gasteiger partial charge in [-0.2, -0.15) is 0 Å². The Morgan fingerprint density at radius 3 is 3.00 bits per heavy atom. The van der Waals surface area contributed by atoms with E-state index in [0.29, 0.717) is 6.61 Å². The van der Waals surface area contributed by atoms with E-state index in [1.807, 2.05) is 24.3 Å². The van der Waals surface area contributed by atoms with Gasteiger partial charge in [0.25, 0.3) is 0 Å². The number of methoxy groups -OCH3 is 1. The molecule has 20 heavy (non-hydrogen) atoms. The molecule has 2 aromatic rings. The van der Waals surface area contributed by atoms with Crippen LogP contribution in [0.2, 0.25) is 0 Å². The van der Waals surface area contributed by atoms with Gasteiger partial charge in [0.05, 0.1) is 13.2 Å². The van der Waals surface area contributed by atoms with Crippen LogP contribution in [0.3, 0.4) is 0 Å². The molecule has 1 aromatic carbocycles. The Kier molecular flexibility index (Phi) is 3.78. The molecule has 1 N–H and O–H groups in total. The highest BCUT2D eigenvalue weighted by Crippen LogP contribution is 2.34. The fourth-order valence-electron chi connectivity index (χ4n) is 2.32. The molecule has 0 saturated carbocycles. The lowest BCUT2D eigenvalue weighted by molar-refractivity contribution is 0.256. The number of benzene rings is 1. The highest BCUT2D eigenvalue weighted by molar-refractivity contribution is 9.10. The van der Waals surface area contributed by atoms with Crippen molar-refractivity contribution in [3.8, 4) is 11.5 Å². The number of halogens is 1. The van der Waals surface area contributed by atoms with Crippen LogP contribution in [0.1, 0.15) is 5.56 Å². The van der Waals surface area contributed by atoms with Gasteiger partial charge in [0, 0.05) is 16.2 Å². The Labute approximate surface area is 126 Å². The van der Waals surface area contributed by atoms with Crippen LogP contribution in [0.15, 0.2) is 41.0 Å². The number of hydrogen-bond acceptors (Lipinski definition) is 4. The van der Waals surface area contributed by atoms with Crippen molar-refractivity contribution in [3.63, 3.8) is 0 Å². The van der Waals surface area contributed by atoms with E-state index in [1.165, 1.54) is 0 Å². The third-order valence-corrected chi connectivity index (χ3v) is 3.72.